The minimum Gasteiger partial charge on any atom is -0.419 e. The molecule has 1 aliphatic carbocycles. The summed E-state index contributed by atoms with van der Waals surface area (Å²) in [5.41, 5.74) is 2.30. The fraction of sp³-hybridized carbons (Fsp3) is 0.294. The third-order valence-corrected chi connectivity index (χ3v) is 3.41. The third-order valence-electron chi connectivity index (χ3n) is 3.41. The minimum atomic E-state index is -1.18. The zero-order valence-electron chi connectivity index (χ0n) is 12.0. The van der Waals surface area contributed by atoms with E-state index in [-0.39, 0.29) is 11.5 Å². The van der Waals surface area contributed by atoms with Gasteiger partial charge in [-0.15, -0.1) is 0 Å². The molecule has 1 saturated heterocycles. The lowest BCUT2D eigenvalue weighted by molar-refractivity contribution is -0.222. The van der Waals surface area contributed by atoms with Crippen LogP contribution >= 0.6 is 0 Å². The normalized spacial score (nSPS) is 25.3. The predicted octanol–water partition coefficient (Wildman–Crippen LogP) is 2.85. The van der Waals surface area contributed by atoms with Gasteiger partial charge in [-0.3, -0.25) is 0 Å². The van der Waals surface area contributed by atoms with Crippen LogP contribution in [0.1, 0.15) is 25.8 Å². The second kappa shape index (κ2) is 4.88. The molecule has 1 atom stereocenters. The Morgan fingerprint density at radius 2 is 1.71 bits per heavy atom. The van der Waals surface area contributed by atoms with E-state index >= 15 is 0 Å². The van der Waals surface area contributed by atoms with E-state index in [9.17, 15) is 9.59 Å². The zero-order valence-corrected chi connectivity index (χ0v) is 12.0. The molecule has 0 aromatic heterocycles. The van der Waals surface area contributed by atoms with Gasteiger partial charge in [0.1, 0.15) is 5.57 Å². The summed E-state index contributed by atoms with van der Waals surface area (Å²) in [5, 5.41) is 0. The van der Waals surface area contributed by atoms with Gasteiger partial charge >= 0.3 is 11.9 Å². The molecule has 21 heavy (non-hydrogen) atoms. The van der Waals surface area contributed by atoms with Crippen LogP contribution in [0, 0.1) is 5.92 Å². The van der Waals surface area contributed by atoms with Crippen LogP contribution in [0.15, 0.2) is 47.6 Å². The highest BCUT2D eigenvalue weighted by Gasteiger charge is 2.40. The van der Waals surface area contributed by atoms with Crippen molar-refractivity contribution in [2.75, 3.05) is 0 Å². The van der Waals surface area contributed by atoms with E-state index in [1.807, 2.05) is 30.3 Å². The first-order valence-electron chi connectivity index (χ1n) is 6.89. The highest BCUT2D eigenvalue weighted by atomic mass is 16.7. The van der Waals surface area contributed by atoms with Crippen molar-refractivity contribution in [2.45, 2.75) is 26.1 Å². The summed E-state index contributed by atoms with van der Waals surface area (Å²) in [6.45, 7) is 3.08. The summed E-state index contributed by atoms with van der Waals surface area (Å²) < 4.78 is 10.1. The summed E-state index contributed by atoms with van der Waals surface area (Å²) in [6.07, 6.45) is 4.57. The molecule has 2 aliphatic rings. The third kappa shape index (κ3) is 3.05. The second-order valence-electron chi connectivity index (χ2n) is 5.70. The Bertz CT molecular complexity index is 631. The van der Waals surface area contributed by atoms with Crippen LogP contribution in [0.5, 0.6) is 0 Å². The lowest BCUT2D eigenvalue weighted by Gasteiger charge is -2.29. The molecule has 0 radical (unpaired) electrons. The molecule has 1 heterocycles. The molecule has 4 nitrogen and oxygen atoms in total. The highest BCUT2D eigenvalue weighted by Crippen LogP contribution is 2.41. The monoisotopic (exact) mass is 284 g/mol. The van der Waals surface area contributed by atoms with E-state index < -0.39 is 17.7 Å². The minimum absolute atomic E-state index is 0.00390. The summed E-state index contributed by atoms with van der Waals surface area (Å²) in [6, 6.07) is 9.94. The number of allylic oxidation sites excluding steroid dienone is 2. The quantitative estimate of drug-likeness (QED) is 0.476. The fourth-order valence-electron chi connectivity index (χ4n) is 2.29. The molecule has 1 aliphatic heterocycles. The molecule has 1 aromatic carbocycles. The summed E-state index contributed by atoms with van der Waals surface area (Å²) in [7, 11) is 0. The van der Waals surface area contributed by atoms with E-state index in [4.69, 9.17) is 9.47 Å². The molecule has 108 valence electrons. The Kier molecular flexibility index (Phi) is 3.16. The fourth-order valence-corrected chi connectivity index (χ4v) is 2.29. The van der Waals surface area contributed by atoms with E-state index in [2.05, 4.69) is 6.08 Å². The van der Waals surface area contributed by atoms with E-state index in [1.54, 1.807) is 6.08 Å². The zero-order chi connectivity index (χ0) is 15.0. The highest BCUT2D eigenvalue weighted by molar-refractivity contribution is 6.15. The van der Waals surface area contributed by atoms with Gasteiger partial charge in [-0.25, -0.2) is 9.59 Å². The standard InChI is InChI=1S/C17H16O4/c1-17(2)20-15(18)14(16(19)21-17)10-13-9-12(13)8-11-6-4-3-5-7-11/h3-8,10,13H,9H2,1-2H3/b12-8+. The molecule has 4 heteroatoms. The molecule has 1 aromatic rings. The first-order chi connectivity index (χ1) is 9.94. The number of cyclic esters (lactones) is 2. The number of hydrogen-bond donors (Lipinski definition) is 0. The molecule has 3 rings (SSSR count). The summed E-state index contributed by atoms with van der Waals surface area (Å²) in [5.74, 6) is -2.29. The van der Waals surface area contributed by atoms with Crippen LogP contribution < -0.4 is 0 Å². The van der Waals surface area contributed by atoms with Crippen LogP contribution in [0.3, 0.4) is 0 Å². The van der Waals surface area contributed by atoms with Gasteiger partial charge in [-0.2, -0.15) is 0 Å². The van der Waals surface area contributed by atoms with E-state index in [1.165, 1.54) is 19.4 Å². The van der Waals surface area contributed by atoms with E-state index in [0.29, 0.717) is 0 Å². The Hall–Kier alpha value is -2.36. The second-order valence-corrected chi connectivity index (χ2v) is 5.70. The van der Waals surface area contributed by atoms with Crippen molar-refractivity contribution in [3.8, 4) is 0 Å². The molecule has 0 N–H and O–H groups in total. The SMILES string of the molecule is CC1(C)OC(=O)C(=CC2C/C2=C\c2ccccc2)C(=O)O1. The molecule has 0 spiro atoms. The van der Waals surface area contributed by atoms with Gasteiger partial charge in [-0.1, -0.05) is 48.1 Å². The largest absolute Gasteiger partial charge is 0.419 e. The molecule has 0 amide bonds. The molecule has 1 saturated carbocycles. The lowest BCUT2D eigenvalue weighted by atomic mass is 10.1. The van der Waals surface area contributed by atoms with Gasteiger partial charge in [0.2, 0.25) is 0 Å². The van der Waals surface area contributed by atoms with Crippen LogP contribution in [0.4, 0.5) is 0 Å². The smallest absolute Gasteiger partial charge is 0.348 e. The number of rotatable bonds is 2. The summed E-state index contributed by atoms with van der Waals surface area (Å²) >= 11 is 0. The topological polar surface area (TPSA) is 52.6 Å². The Morgan fingerprint density at radius 1 is 1.10 bits per heavy atom. The van der Waals surface area contributed by atoms with Crippen molar-refractivity contribution < 1.29 is 19.1 Å². The number of ether oxygens (including phenoxy) is 2. The van der Waals surface area contributed by atoms with Crippen molar-refractivity contribution >= 4 is 18.0 Å². The first-order valence-corrected chi connectivity index (χ1v) is 6.89. The van der Waals surface area contributed by atoms with Gasteiger partial charge in [0.25, 0.3) is 5.79 Å². The van der Waals surface area contributed by atoms with E-state index in [0.717, 1.165) is 12.0 Å². The van der Waals surface area contributed by atoms with Crippen LogP contribution in [0.25, 0.3) is 6.08 Å². The maximum Gasteiger partial charge on any atom is 0.348 e. The Balaban J connectivity index is 1.74. The van der Waals surface area contributed by atoms with Crippen molar-refractivity contribution in [3.63, 3.8) is 0 Å². The number of hydrogen-bond acceptors (Lipinski definition) is 4. The van der Waals surface area contributed by atoms with Gasteiger partial charge in [0.15, 0.2) is 0 Å². The molecule has 2 fully saturated rings. The average Bonchev–Trinajstić information content (AvgIpc) is 3.12. The van der Waals surface area contributed by atoms with Crippen LogP contribution in [0.2, 0.25) is 0 Å². The number of benzene rings is 1. The van der Waals surface area contributed by atoms with Crippen molar-refractivity contribution in [1.82, 2.24) is 0 Å². The average molecular weight is 284 g/mol. The Labute approximate surface area is 123 Å². The predicted molar refractivity (Wildman–Crippen MR) is 76.9 cm³/mol. The number of carbonyl (C=O) groups is 2. The first kappa shape index (κ1) is 13.6. The Morgan fingerprint density at radius 3 is 2.33 bits per heavy atom. The van der Waals surface area contributed by atoms with Crippen molar-refractivity contribution in [3.05, 3.63) is 53.1 Å². The van der Waals surface area contributed by atoms with Gasteiger partial charge in [-0.05, 0) is 12.0 Å². The van der Waals surface area contributed by atoms with Gasteiger partial charge in [0, 0.05) is 19.8 Å². The van der Waals surface area contributed by atoms with Crippen LogP contribution in [-0.4, -0.2) is 17.7 Å². The summed E-state index contributed by atoms with van der Waals surface area (Å²) in [4.78, 5) is 23.7. The maximum absolute atomic E-state index is 11.8. The number of esters is 2. The molecular weight excluding hydrogens is 268 g/mol. The van der Waals surface area contributed by atoms with Crippen LogP contribution in [-0.2, 0) is 19.1 Å². The molecule has 0 bridgehead atoms. The number of carbonyl (C=O) groups excluding carboxylic acids is 2. The lowest BCUT2D eigenvalue weighted by Crippen LogP contribution is -2.41. The molecular formula is C17H16O4. The van der Waals surface area contributed by atoms with Crippen molar-refractivity contribution in [2.24, 2.45) is 5.92 Å². The van der Waals surface area contributed by atoms with Gasteiger partial charge in [0.05, 0.1) is 0 Å². The maximum atomic E-state index is 11.8. The van der Waals surface area contributed by atoms with Crippen molar-refractivity contribution in [1.29, 1.82) is 0 Å². The van der Waals surface area contributed by atoms with Gasteiger partial charge < -0.3 is 9.47 Å². The molecule has 1 unspecified atom stereocenters.